The molecule has 0 spiro atoms. The second kappa shape index (κ2) is 5.21. The Labute approximate surface area is 94.4 Å². The number of halogens is 3. The van der Waals surface area contributed by atoms with E-state index in [0.717, 1.165) is 0 Å². The summed E-state index contributed by atoms with van der Waals surface area (Å²) in [6.07, 6.45) is -2.99. The van der Waals surface area contributed by atoms with Crippen molar-refractivity contribution >= 4 is 21.7 Å². The van der Waals surface area contributed by atoms with Gasteiger partial charge in [-0.15, -0.1) is 0 Å². The van der Waals surface area contributed by atoms with Gasteiger partial charge in [0.05, 0.1) is 6.61 Å². The highest BCUT2D eigenvalue weighted by Gasteiger charge is 2.20. The average Bonchev–Trinajstić information content (AvgIpc) is 2.17. The second-order valence-electron chi connectivity index (χ2n) is 2.74. The summed E-state index contributed by atoms with van der Waals surface area (Å²) in [5.74, 6) is -0.653. The summed E-state index contributed by atoms with van der Waals surface area (Å²) < 4.78 is 29.8. The Morgan fingerprint density at radius 1 is 1.53 bits per heavy atom. The van der Waals surface area contributed by atoms with Gasteiger partial charge in [-0.1, -0.05) is 0 Å². The number of hydrogen-bond donors (Lipinski definition) is 0. The van der Waals surface area contributed by atoms with E-state index in [-0.39, 0.29) is 5.56 Å². The van der Waals surface area contributed by atoms with Gasteiger partial charge in [0, 0.05) is 10.0 Å². The van der Waals surface area contributed by atoms with E-state index < -0.39 is 12.2 Å². The molecule has 0 amide bonds. The van der Waals surface area contributed by atoms with Gasteiger partial charge in [-0.05, 0) is 41.1 Å². The molecule has 0 aliphatic heterocycles. The van der Waals surface area contributed by atoms with Crippen molar-refractivity contribution in [1.29, 1.82) is 0 Å². The highest BCUT2D eigenvalue weighted by atomic mass is 79.9. The topological polar surface area (TPSA) is 26.3 Å². The van der Waals surface area contributed by atoms with Crippen LogP contribution in [0, 0.1) is 0 Å². The van der Waals surface area contributed by atoms with Crippen molar-refractivity contribution in [3.8, 4) is 5.75 Å². The van der Waals surface area contributed by atoms with Crippen molar-refractivity contribution in [3.05, 3.63) is 28.2 Å². The van der Waals surface area contributed by atoms with Crippen LogP contribution in [-0.2, 0) is 0 Å². The van der Waals surface area contributed by atoms with Crippen LogP contribution in [0.15, 0.2) is 22.7 Å². The van der Waals surface area contributed by atoms with Gasteiger partial charge in [-0.25, -0.2) is 8.78 Å². The summed E-state index contributed by atoms with van der Waals surface area (Å²) in [6, 6.07) is 4.31. The zero-order valence-corrected chi connectivity index (χ0v) is 9.55. The van der Waals surface area contributed by atoms with E-state index in [2.05, 4.69) is 15.9 Å². The predicted molar refractivity (Wildman–Crippen MR) is 55.6 cm³/mol. The number of alkyl halides is 2. The van der Waals surface area contributed by atoms with Crippen LogP contribution in [0.4, 0.5) is 8.78 Å². The van der Waals surface area contributed by atoms with Gasteiger partial charge in [-0.2, -0.15) is 0 Å². The quantitative estimate of drug-likeness (QED) is 0.790. The molecule has 0 N–H and O–H groups in total. The van der Waals surface area contributed by atoms with E-state index in [9.17, 15) is 13.6 Å². The molecule has 0 saturated carbocycles. The third kappa shape index (κ3) is 2.99. The Bertz CT molecular complexity index is 366. The van der Waals surface area contributed by atoms with Gasteiger partial charge in [0.2, 0.25) is 5.78 Å². The molecule has 82 valence electrons. The van der Waals surface area contributed by atoms with Crippen LogP contribution in [-0.4, -0.2) is 18.8 Å². The number of carbonyl (C=O) groups is 1. The molecule has 0 aliphatic carbocycles. The van der Waals surface area contributed by atoms with Crippen LogP contribution in [0.1, 0.15) is 17.3 Å². The third-order valence-corrected chi connectivity index (χ3v) is 2.37. The number of hydrogen-bond acceptors (Lipinski definition) is 2. The lowest BCUT2D eigenvalue weighted by Crippen LogP contribution is -2.10. The minimum atomic E-state index is -2.99. The molecule has 1 rings (SSSR count). The van der Waals surface area contributed by atoms with E-state index in [4.69, 9.17) is 4.74 Å². The lowest BCUT2D eigenvalue weighted by atomic mass is 10.1. The molecular weight excluding hydrogens is 270 g/mol. The molecular formula is C10H9BrF2O2. The smallest absolute Gasteiger partial charge is 0.300 e. The van der Waals surface area contributed by atoms with Gasteiger partial charge >= 0.3 is 6.43 Å². The Kier molecular flexibility index (Phi) is 4.20. The molecule has 0 radical (unpaired) electrons. The van der Waals surface area contributed by atoms with Crippen molar-refractivity contribution in [2.45, 2.75) is 13.3 Å². The van der Waals surface area contributed by atoms with Gasteiger partial charge in [0.1, 0.15) is 5.75 Å². The zero-order valence-electron chi connectivity index (χ0n) is 7.97. The SMILES string of the molecule is CCOc1ccc(C(=O)C(F)F)c(Br)c1. The minimum absolute atomic E-state index is 0.0338. The van der Waals surface area contributed by atoms with Crippen molar-refractivity contribution in [3.63, 3.8) is 0 Å². The number of rotatable bonds is 4. The molecule has 0 bridgehead atoms. The third-order valence-electron chi connectivity index (χ3n) is 1.72. The first-order valence-electron chi connectivity index (χ1n) is 4.31. The lowest BCUT2D eigenvalue weighted by Gasteiger charge is -2.06. The van der Waals surface area contributed by atoms with E-state index in [0.29, 0.717) is 16.8 Å². The Hall–Kier alpha value is -0.970. The summed E-state index contributed by atoms with van der Waals surface area (Å²) in [7, 11) is 0. The fourth-order valence-electron chi connectivity index (χ4n) is 1.07. The fourth-order valence-corrected chi connectivity index (χ4v) is 1.62. The Morgan fingerprint density at radius 2 is 2.20 bits per heavy atom. The first-order valence-corrected chi connectivity index (χ1v) is 5.10. The summed E-state index contributed by atoms with van der Waals surface area (Å²) in [5.41, 5.74) is -0.0338. The van der Waals surface area contributed by atoms with Crippen LogP contribution in [0.2, 0.25) is 0 Å². The molecule has 2 nitrogen and oxygen atoms in total. The molecule has 0 atom stereocenters. The molecule has 0 fully saturated rings. The first kappa shape index (κ1) is 12.1. The van der Waals surface area contributed by atoms with Gasteiger partial charge in [0.25, 0.3) is 0 Å². The van der Waals surface area contributed by atoms with Crippen molar-refractivity contribution in [2.75, 3.05) is 6.61 Å². The van der Waals surface area contributed by atoms with Crippen LogP contribution >= 0.6 is 15.9 Å². The molecule has 15 heavy (non-hydrogen) atoms. The molecule has 1 aromatic rings. The van der Waals surface area contributed by atoms with Crippen LogP contribution < -0.4 is 4.74 Å². The molecule has 5 heteroatoms. The number of benzene rings is 1. The van der Waals surface area contributed by atoms with Crippen molar-refractivity contribution in [2.24, 2.45) is 0 Å². The molecule has 0 unspecified atom stereocenters. The summed E-state index contributed by atoms with van der Waals surface area (Å²) in [5, 5.41) is 0. The second-order valence-corrected chi connectivity index (χ2v) is 3.59. The van der Waals surface area contributed by atoms with Crippen molar-refractivity contribution in [1.82, 2.24) is 0 Å². The molecule has 0 heterocycles. The maximum atomic E-state index is 12.1. The van der Waals surface area contributed by atoms with E-state index in [1.54, 1.807) is 0 Å². The van der Waals surface area contributed by atoms with E-state index >= 15 is 0 Å². The summed E-state index contributed by atoms with van der Waals surface area (Å²) in [4.78, 5) is 11.0. The first-order chi connectivity index (χ1) is 7.06. The highest BCUT2D eigenvalue weighted by Crippen LogP contribution is 2.24. The minimum Gasteiger partial charge on any atom is -0.494 e. The summed E-state index contributed by atoms with van der Waals surface area (Å²) >= 11 is 3.05. The van der Waals surface area contributed by atoms with Crippen molar-refractivity contribution < 1.29 is 18.3 Å². The predicted octanol–water partition coefficient (Wildman–Crippen LogP) is 3.30. The number of ether oxygens (including phenoxy) is 1. The maximum absolute atomic E-state index is 12.1. The van der Waals surface area contributed by atoms with Gasteiger partial charge in [-0.3, -0.25) is 4.79 Å². The van der Waals surface area contributed by atoms with Crippen LogP contribution in [0.25, 0.3) is 0 Å². The molecule has 0 aliphatic rings. The molecule has 0 saturated heterocycles. The normalized spacial score (nSPS) is 10.5. The Morgan fingerprint density at radius 3 is 2.67 bits per heavy atom. The molecule has 1 aromatic carbocycles. The standard InChI is InChI=1S/C10H9BrF2O2/c1-2-15-6-3-4-7(8(11)5-6)9(14)10(12)13/h3-5,10H,2H2,1H3. The monoisotopic (exact) mass is 278 g/mol. The summed E-state index contributed by atoms with van der Waals surface area (Å²) in [6.45, 7) is 2.29. The molecule has 0 aromatic heterocycles. The van der Waals surface area contributed by atoms with E-state index in [1.807, 2.05) is 6.92 Å². The van der Waals surface area contributed by atoms with Gasteiger partial charge in [0.15, 0.2) is 0 Å². The van der Waals surface area contributed by atoms with E-state index in [1.165, 1.54) is 18.2 Å². The highest BCUT2D eigenvalue weighted by molar-refractivity contribution is 9.10. The van der Waals surface area contributed by atoms with Crippen LogP contribution in [0.5, 0.6) is 5.75 Å². The van der Waals surface area contributed by atoms with Gasteiger partial charge < -0.3 is 4.74 Å². The average molecular weight is 279 g/mol. The lowest BCUT2D eigenvalue weighted by molar-refractivity contribution is 0.0678. The largest absolute Gasteiger partial charge is 0.494 e. The number of ketones is 1. The van der Waals surface area contributed by atoms with Crippen LogP contribution in [0.3, 0.4) is 0 Å². The Balaban J connectivity index is 2.97. The number of Topliss-reactive ketones (excluding diaryl/α,β-unsaturated/α-hetero) is 1. The maximum Gasteiger partial charge on any atom is 0.300 e. The zero-order chi connectivity index (χ0) is 11.4. The fraction of sp³-hybridized carbons (Fsp3) is 0.300. The number of carbonyl (C=O) groups excluding carboxylic acids is 1.